The summed E-state index contributed by atoms with van der Waals surface area (Å²) in [6, 6.07) is 7.01. The molecule has 0 spiro atoms. The van der Waals surface area contributed by atoms with E-state index in [0.29, 0.717) is 35.9 Å². The van der Waals surface area contributed by atoms with Crippen LogP contribution in [0.3, 0.4) is 0 Å². The standard InChI is InChI=1S/C22H25F2N3O3/c1-15-20(22(28)25-11-4-3-5-13-29-2)27-12-7-10-19(21(27)26-15)30-14-16-17(23)8-6-9-18(16)24/h6-10,12H,3-5,11,13-14H2,1-2H3,(H,25,28). The SMILES string of the molecule is COCCCCCNC(=O)c1c(C)nc2c(OCc3c(F)cccc3F)cccn12. The number of nitrogens with zero attached hydrogens (tertiary/aromatic N) is 2. The van der Waals surface area contributed by atoms with Crippen molar-refractivity contribution in [2.45, 2.75) is 32.8 Å². The summed E-state index contributed by atoms with van der Waals surface area (Å²) >= 11 is 0. The lowest BCUT2D eigenvalue weighted by molar-refractivity contribution is 0.0946. The fraction of sp³-hybridized carbons (Fsp3) is 0.364. The molecule has 0 fully saturated rings. The zero-order valence-electron chi connectivity index (χ0n) is 17.1. The number of fused-ring (bicyclic) bond motifs is 1. The van der Waals surface area contributed by atoms with Crippen LogP contribution in [0.2, 0.25) is 0 Å². The number of aryl methyl sites for hydroxylation is 1. The highest BCUT2D eigenvalue weighted by Gasteiger charge is 2.19. The smallest absolute Gasteiger partial charge is 0.270 e. The van der Waals surface area contributed by atoms with Gasteiger partial charge in [-0.1, -0.05) is 6.07 Å². The number of rotatable bonds is 10. The Balaban J connectivity index is 1.72. The lowest BCUT2D eigenvalue weighted by Gasteiger charge is -2.10. The number of carbonyl (C=O) groups is 1. The van der Waals surface area contributed by atoms with Gasteiger partial charge in [0.15, 0.2) is 11.4 Å². The maximum Gasteiger partial charge on any atom is 0.270 e. The van der Waals surface area contributed by atoms with E-state index in [4.69, 9.17) is 9.47 Å². The molecule has 30 heavy (non-hydrogen) atoms. The molecule has 1 N–H and O–H groups in total. The number of amides is 1. The number of pyridine rings is 1. The molecule has 0 unspecified atom stereocenters. The Kier molecular flexibility index (Phi) is 7.35. The number of hydrogen-bond acceptors (Lipinski definition) is 4. The molecule has 0 saturated carbocycles. The Morgan fingerprint density at radius 3 is 2.63 bits per heavy atom. The van der Waals surface area contributed by atoms with Crippen LogP contribution >= 0.6 is 0 Å². The number of ether oxygens (including phenoxy) is 2. The highest BCUT2D eigenvalue weighted by atomic mass is 19.1. The van der Waals surface area contributed by atoms with Gasteiger partial charge in [0, 0.05) is 26.5 Å². The number of unbranched alkanes of at least 4 members (excludes halogenated alkanes) is 2. The van der Waals surface area contributed by atoms with E-state index in [1.807, 2.05) is 0 Å². The number of benzene rings is 1. The molecule has 0 saturated heterocycles. The summed E-state index contributed by atoms with van der Waals surface area (Å²) < 4.78 is 40.0. The van der Waals surface area contributed by atoms with Gasteiger partial charge >= 0.3 is 0 Å². The molecule has 8 heteroatoms. The fourth-order valence-electron chi connectivity index (χ4n) is 3.20. The van der Waals surface area contributed by atoms with E-state index < -0.39 is 11.6 Å². The van der Waals surface area contributed by atoms with Gasteiger partial charge in [0.2, 0.25) is 0 Å². The second-order valence-electron chi connectivity index (χ2n) is 6.91. The maximum atomic E-state index is 13.9. The van der Waals surface area contributed by atoms with E-state index in [0.717, 1.165) is 19.3 Å². The minimum atomic E-state index is -0.674. The lowest BCUT2D eigenvalue weighted by Crippen LogP contribution is -2.26. The van der Waals surface area contributed by atoms with Crippen molar-refractivity contribution < 1.29 is 23.0 Å². The minimum absolute atomic E-state index is 0.158. The van der Waals surface area contributed by atoms with Crippen molar-refractivity contribution >= 4 is 11.6 Å². The first-order chi connectivity index (χ1) is 14.5. The number of methoxy groups -OCH3 is 1. The number of imidazole rings is 1. The topological polar surface area (TPSA) is 64.9 Å². The molecule has 0 aliphatic heterocycles. The van der Waals surface area contributed by atoms with Gasteiger partial charge in [-0.15, -0.1) is 0 Å². The third-order valence-corrected chi connectivity index (χ3v) is 4.75. The van der Waals surface area contributed by atoms with E-state index >= 15 is 0 Å². The van der Waals surface area contributed by atoms with Crippen molar-refractivity contribution in [3.63, 3.8) is 0 Å². The molecule has 1 aromatic carbocycles. The first-order valence-electron chi connectivity index (χ1n) is 9.83. The van der Waals surface area contributed by atoms with Gasteiger partial charge in [-0.25, -0.2) is 13.8 Å². The summed E-state index contributed by atoms with van der Waals surface area (Å²) in [6.45, 7) is 2.71. The monoisotopic (exact) mass is 417 g/mol. The molecule has 0 atom stereocenters. The summed E-state index contributed by atoms with van der Waals surface area (Å²) in [6.07, 6.45) is 4.47. The average molecular weight is 417 g/mol. The Hall–Kier alpha value is -3.00. The summed E-state index contributed by atoms with van der Waals surface area (Å²) in [7, 11) is 1.67. The number of hydrogen-bond donors (Lipinski definition) is 1. The summed E-state index contributed by atoms with van der Waals surface area (Å²) in [4.78, 5) is 17.1. The molecule has 6 nitrogen and oxygen atoms in total. The average Bonchev–Trinajstić information content (AvgIpc) is 3.06. The quantitative estimate of drug-likeness (QED) is 0.506. The van der Waals surface area contributed by atoms with Gasteiger partial charge < -0.3 is 14.8 Å². The Bertz CT molecular complexity index is 1000. The third-order valence-electron chi connectivity index (χ3n) is 4.75. The maximum absolute atomic E-state index is 13.9. The van der Waals surface area contributed by atoms with E-state index in [1.54, 1.807) is 36.8 Å². The molecular formula is C22H25F2N3O3. The molecule has 0 aliphatic rings. The van der Waals surface area contributed by atoms with Crippen molar-refractivity contribution in [3.05, 3.63) is 65.1 Å². The van der Waals surface area contributed by atoms with Crippen molar-refractivity contribution in [1.82, 2.24) is 14.7 Å². The summed E-state index contributed by atoms with van der Waals surface area (Å²) in [5.41, 5.74) is 1.20. The first kappa shape index (κ1) is 21.7. The van der Waals surface area contributed by atoms with Crippen molar-refractivity contribution in [2.24, 2.45) is 0 Å². The number of nitrogens with one attached hydrogen (secondary N) is 1. The second kappa shape index (κ2) is 10.2. The van der Waals surface area contributed by atoms with E-state index in [-0.39, 0.29) is 18.1 Å². The van der Waals surface area contributed by atoms with Crippen molar-refractivity contribution in [3.8, 4) is 5.75 Å². The highest BCUT2D eigenvalue weighted by molar-refractivity contribution is 5.94. The number of aromatic nitrogens is 2. The van der Waals surface area contributed by atoms with Gasteiger partial charge in [0.05, 0.1) is 11.3 Å². The molecule has 2 heterocycles. The van der Waals surface area contributed by atoms with E-state index in [9.17, 15) is 13.6 Å². The van der Waals surface area contributed by atoms with Crippen molar-refractivity contribution in [2.75, 3.05) is 20.3 Å². The summed E-state index contributed by atoms with van der Waals surface area (Å²) in [5, 5.41) is 2.91. The Labute approximate surface area is 173 Å². The summed E-state index contributed by atoms with van der Waals surface area (Å²) in [5.74, 6) is -1.25. The molecule has 3 aromatic rings. The Morgan fingerprint density at radius 2 is 1.90 bits per heavy atom. The molecule has 1 amide bonds. The fourth-order valence-corrected chi connectivity index (χ4v) is 3.20. The van der Waals surface area contributed by atoms with Gasteiger partial charge in [0.1, 0.15) is 23.9 Å². The highest BCUT2D eigenvalue weighted by Crippen LogP contribution is 2.24. The van der Waals surface area contributed by atoms with Crippen LogP contribution in [0.15, 0.2) is 36.5 Å². The number of halogens is 2. The van der Waals surface area contributed by atoms with Gasteiger partial charge in [-0.3, -0.25) is 9.20 Å². The van der Waals surface area contributed by atoms with Crippen LogP contribution in [0.25, 0.3) is 5.65 Å². The predicted octanol–water partition coefficient (Wildman–Crippen LogP) is 4.05. The largest absolute Gasteiger partial charge is 0.485 e. The Morgan fingerprint density at radius 1 is 1.13 bits per heavy atom. The van der Waals surface area contributed by atoms with Gasteiger partial charge in [-0.05, 0) is 50.5 Å². The third kappa shape index (κ3) is 4.94. The van der Waals surface area contributed by atoms with Crippen LogP contribution in [-0.4, -0.2) is 35.6 Å². The zero-order chi connectivity index (χ0) is 21.5. The van der Waals surface area contributed by atoms with Crippen LogP contribution in [-0.2, 0) is 11.3 Å². The molecule has 0 aliphatic carbocycles. The van der Waals surface area contributed by atoms with Gasteiger partial charge in [-0.2, -0.15) is 0 Å². The van der Waals surface area contributed by atoms with Crippen LogP contribution in [0.5, 0.6) is 5.75 Å². The van der Waals surface area contributed by atoms with E-state index in [1.165, 1.54) is 18.2 Å². The first-order valence-corrected chi connectivity index (χ1v) is 9.83. The zero-order valence-corrected chi connectivity index (χ0v) is 17.1. The van der Waals surface area contributed by atoms with Crippen LogP contribution in [0.1, 0.15) is 41.0 Å². The van der Waals surface area contributed by atoms with Crippen LogP contribution < -0.4 is 10.1 Å². The minimum Gasteiger partial charge on any atom is -0.485 e. The lowest BCUT2D eigenvalue weighted by atomic mass is 10.2. The molecule has 2 aromatic heterocycles. The second-order valence-corrected chi connectivity index (χ2v) is 6.91. The van der Waals surface area contributed by atoms with E-state index in [2.05, 4.69) is 10.3 Å². The van der Waals surface area contributed by atoms with Crippen LogP contribution in [0.4, 0.5) is 8.78 Å². The molecule has 0 bridgehead atoms. The predicted molar refractivity (Wildman–Crippen MR) is 109 cm³/mol. The normalized spacial score (nSPS) is 11.1. The van der Waals surface area contributed by atoms with Crippen molar-refractivity contribution in [1.29, 1.82) is 0 Å². The van der Waals surface area contributed by atoms with Gasteiger partial charge in [0.25, 0.3) is 5.91 Å². The molecule has 3 rings (SSSR count). The number of carbonyl (C=O) groups excluding carboxylic acids is 1. The molecule has 0 radical (unpaired) electrons. The molecular weight excluding hydrogens is 392 g/mol. The van der Waals surface area contributed by atoms with Crippen LogP contribution in [0, 0.1) is 18.6 Å². The molecule has 160 valence electrons.